The summed E-state index contributed by atoms with van der Waals surface area (Å²) in [5.74, 6) is 0.818. The van der Waals surface area contributed by atoms with Crippen molar-refractivity contribution in [3.05, 3.63) is 54.1 Å². The van der Waals surface area contributed by atoms with Gasteiger partial charge >= 0.3 is 0 Å². The van der Waals surface area contributed by atoms with E-state index in [1.54, 1.807) is 7.11 Å². The Balaban J connectivity index is 1.89. The second-order valence-electron chi connectivity index (χ2n) is 5.31. The van der Waals surface area contributed by atoms with E-state index in [4.69, 9.17) is 10.5 Å². The van der Waals surface area contributed by atoms with Gasteiger partial charge in [0, 0.05) is 36.1 Å². The Morgan fingerprint density at radius 3 is 2.55 bits per heavy atom. The van der Waals surface area contributed by atoms with Crippen LogP contribution in [0.2, 0.25) is 0 Å². The van der Waals surface area contributed by atoms with Crippen LogP contribution in [0, 0.1) is 0 Å². The third-order valence-corrected chi connectivity index (χ3v) is 3.66. The molecule has 3 rings (SSSR count). The number of nitrogens with two attached hydrogens (primary N) is 1. The number of methoxy groups -OCH3 is 1. The van der Waals surface area contributed by atoms with Gasteiger partial charge in [0.2, 0.25) is 0 Å². The molecule has 0 unspecified atom stereocenters. The molecule has 0 heterocycles. The average molecular weight is 268 g/mol. The summed E-state index contributed by atoms with van der Waals surface area (Å²) in [6, 6.07) is 17.1. The van der Waals surface area contributed by atoms with Gasteiger partial charge in [-0.05, 0) is 24.5 Å². The lowest BCUT2D eigenvalue weighted by molar-refractivity contribution is 0.415. The van der Waals surface area contributed by atoms with Crippen LogP contribution in [-0.2, 0) is 6.54 Å². The van der Waals surface area contributed by atoms with E-state index in [2.05, 4.69) is 41.3 Å². The molecule has 1 aliphatic carbocycles. The van der Waals surface area contributed by atoms with Gasteiger partial charge in [-0.25, -0.2) is 0 Å². The van der Waals surface area contributed by atoms with Crippen LogP contribution in [0.5, 0.6) is 5.75 Å². The zero-order valence-corrected chi connectivity index (χ0v) is 11.8. The SMILES string of the molecule is COc1cc(N)cc(N(Cc2ccccc2)C2CC2)c1. The molecule has 104 valence electrons. The van der Waals surface area contributed by atoms with Crippen LogP contribution >= 0.6 is 0 Å². The third kappa shape index (κ3) is 2.87. The summed E-state index contributed by atoms with van der Waals surface area (Å²) in [5, 5.41) is 0. The molecule has 3 heteroatoms. The molecule has 0 aliphatic heterocycles. The first kappa shape index (κ1) is 12.9. The van der Waals surface area contributed by atoms with E-state index in [1.807, 2.05) is 12.1 Å². The van der Waals surface area contributed by atoms with E-state index in [1.165, 1.54) is 18.4 Å². The average Bonchev–Trinajstić information content (AvgIpc) is 3.29. The minimum atomic E-state index is 0.627. The topological polar surface area (TPSA) is 38.5 Å². The highest BCUT2D eigenvalue weighted by atomic mass is 16.5. The van der Waals surface area contributed by atoms with Crippen molar-refractivity contribution in [2.75, 3.05) is 17.7 Å². The molecule has 3 nitrogen and oxygen atoms in total. The molecule has 0 aromatic heterocycles. The number of hydrogen-bond acceptors (Lipinski definition) is 3. The number of nitrogens with zero attached hydrogens (tertiary/aromatic N) is 1. The lowest BCUT2D eigenvalue weighted by Gasteiger charge is -2.25. The molecule has 0 bridgehead atoms. The maximum atomic E-state index is 5.98. The highest BCUT2D eigenvalue weighted by molar-refractivity contribution is 5.61. The molecule has 0 atom stereocenters. The Morgan fingerprint density at radius 1 is 1.15 bits per heavy atom. The number of benzene rings is 2. The number of rotatable bonds is 5. The van der Waals surface area contributed by atoms with Crippen molar-refractivity contribution in [1.82, 2.24) is 0 Å². The molecule has 2 aromatic carbocycles. The molecular formula is C17H20N2O. The Kier molecular flexibility index (Phi) is 3.50. The van der Waals surface area contributed by atoms with Crippen LogP contribution in [0.1, 0.15) is 18.4 Å². The Morgan fingerprint density at radius 2 is 1.90 bits per heavy atom. The van der Waals surface area contributed by atoms with Gasteiger partial charge in [-0.1, -0.05) is 30.3 Å². The van der Waals surface area contributed by atoms with Gasteiger partial charge in [-0.2, -0.15) is 0 Å². The van der Waals surface area contributed by atoms with Crippen molar-refractivity contribution in [1.29, 1.82) is 0 Å². The minimum absolute atomic E-state index is 0.627. The van der Waals surface area contributed by atoms with E-state index in [-0.39, 0.29) is 0 Å². The van der Waals surface area contributed by atoms with Gasteiger partial charge < -0.3 is 15.4 Å². The number of ether oxygens (including phenoxy) is 1. The third-order valence-electron chi connectivity index (χ3n) is 3.66. The van der Waals surface area contributed by atoms with Crippen molar-refractivity contribution in [2.45, 2.75) is 25.4 Å². The van der Waals surface area contributed by atoms with Gasteiger partial charge in [0.05, 0.1) is 7.11 Å². The molecule has 0 spiro atoms. The first-order valence-electron chi connectivity index (χ1n) is 7.01. The number of anilines is 2. The Labute approximate surface area is 120 Å². The lowest BCUT2D eigenvalue weighted by atomic mass is 10.2. The van der Waals surface area contributed by atoms with E-state index in [9.17, 15) is 0 Å². The lowest BCUT2D eigenvalue weighted by Crippen LogP contribution is -2.25. The van der Waals surface area contributed by atoms with Crippen LogP contribution in [0.4, 0.5) is 11.4 Å². The van der Waals surface area contributed by atoms with Gasteiger partial charge in [-0.3, -0.25) is 0 Å². The highest BCUT2D eigenvalue weighted by Gasteiger charge is 2.29. The molecule has 0 saturated heterocycles. The Hall–Kier alpha value is -2.16. The predicted octanol–water partition coefficient (Wildman–Crippen LogP) is 3.45. The molecule has 0 radical (unpaired) electrons. The molecule has 20 heavy (non-hydrogen) atoms. The first-order valence-corrected chi connectivity index (χ1v) is 7.01. The molecule has 1 saturated carbocycles. The fourth-order valence-electron chi connectivity index (χ4n) is 2.49. The summed E-state index contributed by atoms with van der Waals surface area (Å²) in [6.45, 7) is 0.915. The molecule has 0 amide bonds. The first-order chi connectivity index (χ1) is 9.76. The summed E-state index contributed by atoms with van der Waals surface area (Å²) in [6.07, 6.45) is 2.51. The molecule has 1 aliphatic rings. The van der Waals surface area contributed by atoms with Crippen molar-refractivity contribution < 1.29 is 4.74 Å². The second-order valence-corrected chi connectivity index (χ2v) is 5.31. The second kappa shape index (κ2) is 5.45. The highest BCUT2D eigenvalue weighted by Crippen LogP contribution is 2.35. The van der Waals surface area contributed by atoms with Crippen molar-refractivity contribution in [3.63, 3.8) is 0 Å². The van der Waals surface area contributed by atoms with Crippen LogP contribution in [-0.4, -0.2) is 13.2 Å². The summed E-state index contributed by atoms with van der Waals surface area (Å²) in [7, 11) is 1.68. The number of nitrogen functional groups attached to an aromatic ring is 1. The van der Waals surface area contributed by atoms with Crippen LogP contribution in [0.15, 0.2) is 48.5 Å². The zero-order chi connectivity index (χ0) is 13.9. The number of hydrogen-bond donors (Lipinski definition) is 1. The summed E-state index contributed by atoms with van der Waals surface area (Å²) < 4.78 is 5.33. The van der Waals surface area contributed by atoms with Crippen LogP contribution in [0.25, 0.3) is 0 Å². The minimum Gasteiger partial charge on any atom is -0.497 e. The molecule has 1 fully saturated rings. The molecular weight excluding hydrogens is 248 g/mol. The summed E-state index contributed by atoms with van der Waals surface area (Å²) in [5.41, 5.74) is 9.19. The van der Waals surface area contributed by atoms with Gasteiger partial charge in [0.25, 0.3) is 0 Å². The maximum Gasteiger partial charge on any atom is 0.122 e. The van der Waals surface area contributed by atoms with E-state index >= 15 is 0 Å². The van der Waals surface area contributed by atoms with Gasteiger partial charge in [-0.15, -0.1) is 0 Å². The van der Waals surface area contributed by atoms with E-state index < -0.39 is 0 Å². The van der Waals surface area contributed by atoms with E-state index in [0.717, 1.165) is 23.7 Å². The standard InChI is InChI=1S/C17H20N2O/c1-20-17-10-14(18)9-16(11-17)19(15-7-8-15)12-13-5-3-2-4-6-13/h2-6,9-11,15H,7-8,12,18H2,1H3. The smallest absolute Gasteiger partial charge is 0.122 e. The van der Waals surface area contributed by atoms with Crippen LogP contribution in [0.3, 0.4) is 0 Å². The zero-order valence-electron chi connectivity index (χ0n) is 11.8. The summed E-state index contributed by atoms with van der Waals surface area (Å²) in [4.78, 5) is 2.42. The maximum absolute atomic E-state index is 5.98. The van der Waals surface area contributed by atoms with Gasteiger partial charge in [0.15, 0.2) is 0 Å². The normalized spacial score (nSPS) is 14.1. The monoisotopic (exact) mass is 268 g/mol. The largest absolute Gasteiger partial charge is 0.497 e. The molecule has 2 aromatic rings. The summed E-state index contributed by atoms with van der Waals surface area (Å²) >= 11 is 0. The van der Waals surface area contributed by atoms with Gasteiger partial charge in [0.1, 0.15) is 5.75 Å². The quantitative estimate of drug-likeness (QED) is 0.844. The Bertz CT molecular complexity index is 579. The van der Waals surface area contributed by atoms with E-state index in [0.29, 0.717) is 6.04 Å². The molecule has 2 N–H and O–H groups in total. The fraction of sp³-hybridized carbons (Fsp3) is 0.294. The van der Waals surface area contributed by atoms with Crippen molar-refractivity contribution in [2.24, 2.45) is 0 Å². The predicted molar refractivity (Wildman–Crippen MR) is 83.1 cm³/mol. The van der Waals surface area contributed by atoms with Crippen LogP contribution < -0.4 is 15.4 Å². The van der Waals surface area contributed by atoms with Crippen molar-refractivity contribution in [3.8, 4) is 5.75 Å². The fourth-order valence-corrected chi connectivity index (χ4v) is 2.49. The van der Waals surface area contributed by atoms with Crippen molar-refractivity contribution >= 4 is 11.4 Å².